The molecule has 1 aromatic heterocycles. The van der Waals surface area contributed by atoms with Crippen LogP contribution in [0.2, 0.25) is 0 Å². The van der Waals surface area contributed by atoms with Crippen molar-refractivity contribution in [2.45, 2.75) is 25.4 Å². The van der Waals surface area contributed by atoms with E-state index in [9.17, 15) is 0 Å². The van der Waals surface area contributed by atoms with Gasteiger partial charge in [-0.3, -0.25) is 0 Å². The minimum Gasteiger partial charge on any atom is -0.496 e. The van der Waals surface area contributed by atoms with E-state index in [0.717, 1.165) is 23.7 Å². The second kappa shape index (κ2) is 5.05. The minimum atomic E-state index is 0.696. The fraction of sp³-hybridized carbons (Fsp3) is 0.400. The molecule has 1 heterocycles. The van der Waals surface area contributed by atoms with Gasteiger partial charge < -0.3 is 14.6 Å². The van der Waals surface area contributed by atoms with Gasteiger partial charge in [0.15, 0.2) is 0 Å². The summed E-state index contributed by atoms with van der Waals surface area (Å²) < 4.78 is 7.46. The molecule has 1 aliphatic rings. The summed E-state index contributed by atoms with van der Waals surface area (Å²) >= 11 is 0. The van der Waals surface area contributed by atoms with E-state index in [1.54, 1.807) is 7.11 Å². The molecule has 0 aliphatic heterocycles. The molecule has 4 heteroatoms. The number of methoxy groups -OCH3 is 1. The van der Waals surface area contributed by atoms with Crippen LogP contribution in [-0.2, 0) is 13.6 Å². The summed E-state index contributed by atoms with van der Waals surface area (Å²) in [6.07, 6.45) is 6.37. The van der Waals surface area contributed by atoms with Crippen LogP contribution in [0.25, 0.3) is 11.4 Å². The first-order valence-electron chi connectivity index (χ1n) is 6.66. The summed E-state index contributed by atoms with van der Waals surface area (Å²) in [5, 5.41) is 3.53. The molecule has 0 amide bonds. The highest BCUT2D eigenvalue weighted by molar-refractivity contribution is 5.59. The Labute approximate surface area is 113 Å². The molecule has 3 rings (SSSR count). The molecular formula is C15H19N3O. The number of hydrogen-bond donors (Lipinski definition) is 1. The predicted molar refractivity (Wildman–Crippen MR) is 75.1 cm³/mol. The minimum absolute atomic E-state index is 0.696. The maximum atomic E-state index is 5.43. The maximum absolute atomic E-state index is 5.43. The normalized spacial score (nSPS) is 14.6. The zero-order valence-corrected chi connectivity index (χ0v) is 11.4. The molecule has 0 unspecified atom stereocenters. The molecule has 0 atom stereocenters. The Morgan fingerprint density at radius 1 is 1.42 bits per heavy atom. The Morgan fingerprint density at radius 3 is 2.89 bits per heavy atom. The summed E-state index contributed by atoms with van der Waals surface area (Å²) in [4.78, 5) is 4.39. The average molecular weight is 257 g/mol. The van der Waals surface area contributed by atoms with E-state index < -0.39 is 0 Å². The Hall–Kier alpha value is -1.81. The van der Waals surface area contributed by atoms with E-state index in [4.69, 9.17) is 4.74 Å². The molecule has 1 fully saturated rings. The molecule has 1 saturated carbocycles. The zero-order valence-electron chi connectivity index (χ0n) is 11.4. The number of nitrogens with one attached hydrogen (secondary N) is 1. The van der Waals surface area contributed by atoms with Crippen molar-refractivity contribution in [2.24, 2.45) is 7.05 Å². The lowest BCUT2D eigenvalue weighted by molar-refractivity contribution is 0.407. The molecule has 19 heavy (non-hydrogen) atoms. The van der Waals surface area contributed by atoms with Gasteiger partial charge in [0.1, 0.15) is 11.6 Å². The largest absolute Gasteiger partial charge is 0.496 e. The maximum Gasteiger partial charge on any atom is 0.139 e. The Bertz CT molecular complexity index is 573. The van der Waals surface area contributed by atoms with Crippen molar-refractivity contribution in [3.63, 3.8) is 0 Å². The molecule has 0 radical (unpaired) electrons. The third kappa shape index (κ3) is 2.63. The highest BCUT2D eigenvalue weighted by atomic mass is 16.5. The van der Waals surface area contributed by atoms with E-state index in [-0.39, 0.29) is 0 Å². The summed E-state index contributed by atoms with van der Waals surface area (Å²) in [6.45, 7) is 0.853. The second-order valence-corrected chi connectivity index (χ2v) is 5.04. The number of benzene rings is 1. The Morgan fingerprint density at radius 2 is 2.26 bits per heavy atom. The number of rotatable bonds is 5. The molecule has 0 bridgehead atoms. The van der Waals surface area contributed by atoms with Gasteiger partial charge in [-0.25, -0.2) is 4.98 Å². The van der Waals surface area contributed by atoms with Crippen molar-refractivity contribution in [1.82, 2.24) is 14.9 Å². The van der Waals surface area contributed by atoms with Crippen LogP contribution >= 0.6 is 0 Å². The topological polar surface area (TPSA) is 39.1 Å². The van der Waals surface area contributed by atoms with Gasteiger partial charge in [0.2, 0.25) is 0 Å². The Balaban J connectivity index is 1.89. The van der Waals surface area contributed by atoms with Crippen molar-refractivity contribution in [2.75, 3.05) is 7.11 Å². The van der Waals surface area contributed by atoms with Gasteiger partial charge in [-0.1, -0.05) is 0 Å². The van der Waals surface area contributed by atoms with Crippen molar-refractivity contribution in [1.29, 1.82) is 0 Å². The second-order valence-electron chi connectivity index (χ2n) is 5.04. The first kappa shape index (κ1) is 12.2. The number of hydrogen-bond acceptors (Lipinski definition) is 3. The van der Waals surface area contributed by atoms with Crippen LogP contribution in [-0.4, -0.2) is 22.7 Å². The number of aryl methyl sites for hydroxylation is 1. The summed E-state index contributed by atoms with van der Waals surface area (Å²) in [5.41, 5.74) is 2.32. The van der Waals surface area contributed by atoms with Crippen LogP contribution < -0.4 is 10.1 Å². The van der Waals surface area contributed by atoms with Crippen LogP contribution in [0.15, 0.2) is 30.6 Å². The van der Waals surface area contributed by atoms with E-state index in [1.165, 1.54) is 18.4 Å². The van der Waals surface area contributed by atoms with E-state index in [2.05, 4.69) is 22.4 Å². The molecule has 1 aliphatic carbocycles. The number of nitrogens with zero attached hydrogens (tertiary/aromatic N) is 2. The summed E-state index contributed by atoms with van der Waals surface area (Å²) in [7, 11) is 3.73. The van der Waals surface area contributed by atoms with Crippen LogP contribution in [0.3, 0.4) is 0 Å². The number of imidazole rings is 1. The molecule has 1 N–H and O–H groups in total. The predicted octanol–water partition coefficient (Wildman–Crippen LogP) is 2.35. The molecule has 0 saturated heterocycles. The van der Waals surface area contributed by atoms with Crippen molar-refractivity contribution in [3.05, 3.63) is 36.2 Å². The number of aromatic nitrogens is 2. The number of ether oxygens (including phenoxy) is 1. The van der Waals surface area contributed by atoms with Crippen LogP contribution in [0.1, 0.15) is 18.4 Å². The lowest BCUT2D eigenvalue weighted by Gasteiger charge is -2.11. The van der Waals surface area contributed by atoms with Crippen LogP contribution in [0.4, 0.5) is 0 Å². The summed E-state index contributed by atoms with van der Waals surface area (Å²) in [6, 6.07) is 6.94. The molecule has 2 aromatic rings. The third-order valence-electron chi connectivity index (χ3n) is 3.52. The van der Waals surface area contributed by atoms with Gasteiger partial charge in [-0.2, -0.15) is 0 Å². The van der Waals surface area contributed by atoms with Crippen molar-refractivity contribution in [3.8, 4) is 17.1 Å². The molecule has 0 spiro atoms. The zero-order chi connectivity index (χ0) is 13.2. The van der Waals surface area contributed by atoms with Gasteiger partial charge in [0.05, 0.1) is 7.11 Å². The van der Waals surface area contributed by atoms with Gasteiger partial charge in [0, 0.05) is 43.2 Å². The molecule has 4 nitrogen and oxygen atoms in total. The highest BCUT2D eigenvalue weighted by Crippen LogP contribution is 2.27. The Kier molecular flexibility index (Phi) is 3.25. The van der Waals surface area contributed by atoms with Gasteiger partial charge in [-0.05, 0) is 31.0 Å². The quantitative estimate of drug-likeness (QED) is 0.893. The standard InChI is InChI=1S/C15H19N3O/c1-18-8-7-16-15(18)11-3-6-14(19-2)12(9-11)10-17-13-4-5-13/h3,6-9,13,17H,4-5,10H2,1-2H3. The van der Waals surface area contributed by atoms with Crippen LogP contribution in [0, 0.1) is 0 Å². The first-order valence-corrected chi connectivity index (χ1v) is 6.66. The first-order chi connectivity index (χ1) is 9.28. The molecular weight excluding hydrogens is 238 g/mol. The van der Waals surface area contributed by atoms with Crippen molar-refractivity contribution >= 4 is 0 Å². The third-order valence-corrected chi connectivity index (χ3v) is 3.52. The van der Waals surface area contributed by atoms with E-state index >= 15 is 0 Å². The summed E-state index contributed by atoms with van der Waals surface area (Å²) in [5.74, 6) is 1.92. The lowest BCUT2D eigenvalue weighted by atomic mass is 10.1. The van der Waals surface area contributed by atoms with Gasteiger partial charge in [-0.15, -0.1) is 0 Å². The van der Waals surface area contributed by atoms with E-state index in [0.29, 0.717) is 6.04 Å². The van der Waals surface area contributed by atoms with Crippen molar-refractivity contribution < 1.29 is 4.74 Å². The fourth-order valence-corrected chi connectivity index (χ4v) is 2.24. The monoisotopic (exact) mass is 257 g/mol. The smallest absolute Gasteiger partial charge is 0.139 e. The SMILES string of the molecule is COc1ccc(-c2nccn2C)cc1CNC1CC1. The highest BCUT2D eigenvalue weighted by Gasteiger charge is 2.20. The average Bonchev–Trinajstić information content (AvgIpc) is 3.17. The lowest BCUT2D eigenvalue weighted by Crippen LogP contribution is -2.16. The fourth-order valence-electron chi connectivity index (χ4n) is 2.24. The van der Waals surface area contributed by atoms with E-state index in [1.807, 2.05) is 30.1 Å². The molecule has 1 aromatic carbocycles. The molecule has 100 valence electrons. The van der Waals surface area contributed by atoms with Gasteiger partial charge in [0.25, 0.3) is 0 Å². The van der Waals surface area contributed by atoms with Crippen LogP contribution in [0.5, 0.6) is 5.75 Å². The van der Waals surface area contributed by atoms with Gasteiger partial charge >= 0.3 is 0 Å².